The fourth-order valence-electron chi connectivity index (χ4n) is 2.14. The quantitative estimate of drug-likeness (QED) is 0.761. The lowest BCUT2D eigenvalue weighted by molar-refractivity contribution is -0.136. The summed E-state index contributed by atoms with van der Waals surface area (Å²) in [5, 5.41) is 13.0. The summed E-state index contributed by atoms with van der Waals surface area (Å²) in [6.07, 6.45) is 4.44. The third kappa shape index (κ3) is 1.52. The Labute approximate surface area is 82.5 Å². The van der Waals surface area contributed by atoms with E-state index in [1.807, 2.05) is 11.7 Å². The molecule has 0 saturated heterocycles. The van der Waals surface area contributed by atoms with Gasteiger partial charge in [-0.15, -0.1) is 0 Å². The summed E-state index contributed by atoms with van der Waals surface area (Å²) >= 11 is 0. The first kappa shape index (κ1) is 9.24. The van der Waals surface area contributed by atoms with Gasteiger partial charge in [-0.25, -0.2) is 0 Å². The van der Waals surface area contributed by atoms with E-state index in [0.29, 0.717) is 0 Å². The summed E-state index contributed by atoms with van der Waals surface area (Å²) in [7, 11) is 1.90. The van der Waals surface area contributed by atoms with Crippen LogP contribution in [0.4, 0.5) is 0 Å². The first-order valence-electron chi connectivity index (χ1n) is 4.94. The number of rotatable bonds is 2. The Morgan fingerprint density at radius 1 is 1.50 bits per heavy atom. The predicted molar refractivity (Wildman–Crippen MR) is 51.2 cm³/mol. The standard InChI is InChI=1S/C10H14N2O2/c1-12-9-5-3-2-4-7(9)8(11-12)6-10(13)14/h2-6H2,1H3,(H,13,14). The highest BCUT2D eigenvalue weighted by Gasteiger charge is 2.20. The van der Waals surface area contributed by atoms with Gasteiger partial charge in [0.05, 0.1) is 12.1 Å². The molecule has 0 amide bonds. The Morgan fingerprint density at radius 3 is 2.93 bits per heavy atom. The Morgan fingerprint density at radius 2 is 2.21 bits per heavy atom. The van der Waals surface area contributed by atoms with Gasteiger partial charge in [-0.3, -0.25) is 9.48 Å². The summed E-state index contributed by atoms with van der Waals surface area (Å²) in [5.74, 6) is -0.795. The van der Waals surface area contributed by atoms with Gasteiger partial charge < -0.3 is 5.11 Å². The number of aliphatic carboxylic acids is 1. The SMILES string of the molecule is Cn1nc(CC(=O)O)c2c1CCCC2. The molecule has 0 aromatic carbocycles. The topological polar surface area (TPSA) is 55.1 Å². The van der Waals surface area contributed by atoms with Gasteiger partial charge in [0.1, 0.15) is 0 Å². The third-order valence-electron chi connectivity index (χ3n) is 2.77. The summed E-state index contributed by atoms with van der Waals surface area (Å²) in [4.78, 5) is 10.6. The lowest BCUT2D eigenvalue weighted by atomic mass is 9.95. The maximum atomic E-state index is 10.6. The molecule has 1 aromatic rings. The molecule has 0 aliphatic heterocycles. The molecular weight excluding hydrogens is 180 g/mol. The maximum absolute atomic E-state index is 10.6. The number of hydrogen-bond acceptors (Lipinski definition) is 2. The molecule has 1 heterocycles. The van der Waals surface area contributed by atoms with Crippen LogP contribution in [0.3, 0.4) is 0 Å². The van der Waals surface area contributed by atoms with Crippen molar-refractivity contribution in [2.75, 3.05) is 0 Å². The van der Waals surface area contributed by atoms with Crippen molar-refractivity contribution in [1.82, 2.24) is 9.78 Å². The zero-order valence-electron chi connectivity index (χ0n) is 8.29. The summed E-state index contributed by atoms with van der Waals surface area (Å²) in [6, 6.07) is 0. The zero-order chi connectivity index (χ0) is 10.1. The molecule has 76 valence electrons. The second-order valence-electron chi connectivity index (χ2n) is 3.77. The van der Waals surface area contributed by atoms with Gasteiger partial charge in [0.25, 0.3) is 0 Å². The van der Waals surface area contributed by atoms with Crippen LogP contribution >= 0.6 is 0 Å². The fraction of sp³-hybridized carbons (Fsp3) is 0.600. The number of carboxylic acid groups (broad SMARTS) is 1. The van der Waals surface area contributed by atoms with E-state index in [9.17, 15) is 4.79 Å². The van der Waals surface area contributed by atoms with Crippen molar-refractivity contribution in [1.29, 1.82) is 0 Å². The third-order valence-corrected chi connectivity index (χ3v) is 2.77. The van der Waals surface area contributed by atoms with Gasteiger partial charge >= 0.3 is 5.97 Å². The highest BCUT2D eigenvalue weighted by atomic mass is 16.4. The molecule has 4 nitrogen and oxygen atoms in total. The largest absolute Gasteiger partial charge is 0.481 e. The van der Waals surface area contributed by atoms with Gasteiger partial charge in [-0.2, -0.15) is 5.10 Å². The van der Waals surface area contributed by atoms with Crippen molar-refractivity contribution >= 4 is 5.97 Å². The molecule has 0 saturated carbocycles. The highest BCUT2D eigenvalue weighted by molar-refractivity contribution is 5.70. The van der Waals surface area contributed by atoms with Gasteiger partial charge in [0.2, 0.25) is 0 Å². The molecule has 1 aromatic heterocycles. The van der Waals surface area contributed by atoms with Crippen LogP contribution in [0, 0.1) is 0 Å². The zero-order valence-corrected chi connectivity index (χ0v) is 8.29. The van der Waals surface area contributed by atoms with Crippen LogP contribution in [0.15, 0.2) is 0 Å². The van der Waals surface area contributed by atoms with Crippen molar-refractivity contribution in [2.24, 2.45) is 7.05 Å². The predicted octanol–water partition coefficient (Wildman–Crippen LogP) is 0.926. The van der Waals surface area contributed by atoms with E-state index in [0.717, 1.165) is 25.0 Å². The van der Waals surface area contributed by atoms with Crippen LogP contribution in [0.25, 0.3) is 0 Å². The van der Waals surface area contributed by atoms with Gasteiger partial charge in [-0.1, -0.05) is 0 Å². The lowest BCUT2D eigenvalue weighted by Gasteiger charge is -2.11. The van der Waals surface area contributed by atoms with E-state index in [1.54, 1.807) is 0 Å². The van der Waals surface area contributed by atoms with Crippen LogP contribution < -0.4 is 0 Å². The molecule has 0 atom stereocenters. The number of hydrogen-bond donors (Lipinski definition) is 1. The maximum Gasteiger partial charge on any atom is 0.309 e. The smallest absolute Gasteiger partial charge is 0.309 e. The normalized spacial score (nSPS) is 15.2. The lowest BCUT2D eigenvalue weighted by Crippen LogP contribution is -2.07. The van der Waals surface area contributed by atoms with E-state index in [4.69, 9.17) is 5.11 Å². The van der Waals surface area contributed by atoms with Crippen LogP contribution in [0.1, 0.15) is 29.8 Å². The molecule has 1 N–H and O–H groups in total. The molecule has 1 aliphatic carbocycles. The van der Waals surface area contributed by atoms with Crippen LogP contribution in [0.2, 0.25) is 0 Å². The van der Waals surface area contributed by atoms with Gasteiger partial charge in [0, 0.05) is 12.7 Å². The minimum absolute atomic E-state index is 0.0587. The van der Waals surface area contributed by atoms with Crippen molar-refractivity contribution in [2.45, 2.75) is 32.1 Å². The minimum Gasteiger partial charge on any atom is -0.481 e. The van der Waals surface area contributed by atoms with Crippen LogP contribution in [-0.4, -0.2) is 20.9 Å². The second-order valence-corrected chi connectivity index (χ2v) is 3.77. The summed E-state index contributed by atoms with van der Waals surface area (Å²) in [6.45, 7) is 0. The van der Waals surface area contributed by atoms with E-state index in [-0.39, 0.29) is 6.42 Å². The minimum atomic E-state index is -0.795. The van der Waals surface area contributed by atoms with Crippen LogP contribution in [0.5, 0.6) is 0 Å². The first-order valence-corrected chi connectivity index (χ1v) is 4.94. The van der Waals surface area contributed by atoms with Crippen molar-refractivity contribution in [3.8, 4) is 0 Å². The second kappa shape index (κ2) is 3.44. The van der Waals surface area contributed by atoms with Crippen molar-refractivity contribution in [3.63, 3.8) is 0 Å². The molecule has 14 heavy (non-hydrogen) atoms. The molecule has 4 heteroatoms. The van der Waals surface area contributed by atoms with E-state index >= 15 is 0 Å². The average Bonchev–Trinajstić information content (AvgIpc) is 2.44. The number of fused-ring (bicyclic) bond motifs is 1. The number of aryl methyl sites for hydroxylation is 1. The average molecular weight is 194 g/mol. The molecular formula is C10H14N2O2. The van der Waals surface area contributed by atoms with E-state index < -0.39 is 5.97 Å². The van der Waals surface area contributed by atoms with Gasteiger partial charge in [-0.05, 0) is 31.2 Å². The summed E-state index contributed by atoms with van der Waals surface area (Å²) < 4.78 is 1.84. The van der Waals surface area contributed by atoms with Crippen molar-refractivity contribution in [3.05, 3.63) is 17.0 Å². The molecule has 0 bridgehead atoms. The fourth-order valence-corrected chi connectivity index (χ4v) is 2.14. The van der Waals surface area contributed by atoms with Crippen molar-refractivity contribution < 1.29 is 9.90 Å². The van der Waals surface area contributed by atoms with E-state index in [1.165, 1.54) is 17.7 Å². The number of carboxylic acids is 1. The molecule has 2 rings (SSSR count). The number of carbonyl (C=O) groups is 1. The Balaban J connectivity index is 2.36. The molecule has 0 radical (unpaired) electrons. The van der Waals surface area contributed by atoms with E-state index in [2.05, 4.69) is 5.10 Å². The monoisotopic (exact) mass is 194 g/mol. The molecule has 0 spiro atoms. The first-order chi connectivity index (χ1) is 6.68. The van der Waals surface area contributed by atoms with Gasteiger partial charge in [0.15, 0.2) is 0 Å². The Kier molecular flexibility index (Phi) is 2.27. The molecule has 0 fully saturated rings. The number of aromatic nitrogens is 2. The summed E-state index contributed by atoms with van der Waals surface area (Å²) in [5.41, 5.74) is 3.17. The molecule has 1 aliphatic rings. The molecule has 0 unspecified atom stereocenters. The Bertz CT molecular complexity index is 368. The Hall–Kier alpha value is -1.32. The van der Waals surface area contributed by atoms with Crippen LogP contribution in [-0.2, 0) is 31.1 Å². The number of nitrogens with zero attached hydrogens (tertiary/aromatic N) is 2. The highest BCUT2D eigenvalue weighted by Crippen LogP contribution is 2.23.